The van der Waals surface area contributed by atoms with Gasteiger partial charge >= 0.3 is 6.09 Å². The molecule has 2 aliphatic heterocycles. The first kappa shape index (κ1) is 7.90. The molecule has 2 saturated heterocycles. The highest BCUT2D eigenvalue weighted by Crippen LogP contribution is 2.37. The van der Waals surface area contributed by atoms with Gasteiger partial charge in [-0.1, -0.05) is 0 Å². The molecule has 0 aromatic heterocycles. The lowest BCUT2D eigenvalue weighted by Crippen LogP contribution is -2.50. The third kappa shape index (κ3) is 0.853. The van der Waals surface area contributed by atoms with Crippen molar-refractivity contribution in [3.8, 4) is 0 Å². The largest absolute Gasteiger partial charge is 0.444 e. The van der Waals surface area contributed by atoms with E-state index in [1.54, 1.807) is 0 Å². The maximum Gasteiger partial charge on any atom is 0.410 e. The first-order valence-electron chi connectivity index (χ1n) is 4.63. The normalized spacial score (nSPS) is 41.0. The molecular formula is C9H15NO2. The lowest BCUT2D eigenvalue weighted by molar-refractivity contribution is 0.0956. The van der Waals surface area contributed by atoms with Gasteiger partial charge in [-0.2, -0.15) is 0 Å². The molecule has 0 aliphatic carbocycles. The van der Waals surface area contributed by atoms with Gasteiger partial charge < -0.3 is 4.74 Å². The molecule has 2 rings (SSSR count). The molecule has 3 heteroatoms. The molecule has 2 atom stereocenters. The van der Waals surface area contributed by atoms with Crippen molar-refractivity contribution in [1.82, 2.24) is 4.90 Å². The van der Waals surface area contributed by atoms with E-state index in [0.29, 0.717) is 0 Å². The zero-order chi connectivity index (χ0) is 8.77. The number of carbonyl (C=O) groups is 1. The first-order valence-corrected chi connectivity index (χ1v) is 4.63. The number of nitrogens with zero attached hydrogens (tertiary/aromatic N) is 1. The van der Waals surface area contributed by atoms with Crippen LogP contribution in [-0.2, 0) is 4.74 Å². The minimum absolute atomic E-state index is 0.0185. The lowest BCUT2D eigenvalue weighted by atomic mass is 9.85. The number of piperidine rings is 1. The molecule has 0 spiro atoms. The van der Waals surface area contributed by atoms with Crippen LogP contribution in [0.2, 0.25) is 0 Å². The van der Waals surface area contributed by atoms with Crippen LogP contribution in [-0.4, -0.2) is 29.2 Å². The van der Waals surface area contributed by atoms with Crippen molar-refractivity contribution < 1.29 is 9.53 Å². The van der Waals surface area contributed by atoms with E-state index in [-0.39, 0.29) is 17.7 Å². The highest BCUT2D eigenvalue weighted by atomic mass is 16.6. The average Bonchev–Trinajstić information content (AvgIpc) is 2.25. The van der Waals surface area contributed by atoms with Crippen LogP contribution in [0.15, 0.2) is 0 Å². The lowest BCUT2D eigenvalue weighted by Gasteiger charge is -2.38. The van der Waals surface area contributed by atoms with E-state index in [1.807, 2.05) is 11.8 Å². The van der Waals surface area contributed by atoms with Crippen molar-refractivity contribution in [2.75, 3.05) is 6.54 Å². The number of amides is 1. The highest BCUT2D eigenvalue weighted by Gasteiger charge is 2.50. The number of rotatable bonds is 0. The summed E-state index contributed by atoms with van der Waals surface area (Å²) in [5.74, 6) is 0. The van der Waals surface area contributed by atoms with E-state index in [4.69, 9.17) is 4.74 Å². The second-order valence-electron chi connectivity index (χ2n) is 3.99. The van der Waals surface area contributed by atoms with Crippen molar-refractivity contribution >= 4 is 6.09 Å². The Labute approximate surface area is 72.7 Å². The van der Waals surface area contributed by atoms with Gasteiger partial charge in [0.15, 0.2) is 0 Å². The molecule has 2 fully saturated rings. The van der Waals surface area contributed by atoms with Crippen LogP contribution < -0.4 is 0 Å². The van der Waals surface area contributed by atoms with Crippen LogP contribution in [0.3, 0.4) is 0 Å². The first-order chi connectivity index (χ1) is 5.64. The minimum atomic E-state index is -0.121. The third-order valence-corrected chi connectivity index (χ3v) is 3.31. The molecule has 3 nitrogen and oxygen atoms in total. The van der Waals surface area contributed by atoms with Gasteiger partial charge in [-0.25, -0.2) is 4.79 Å². The molecule has 0 unspecified atom stereocenters. The second kappa shape index (κ2) is 2.38. The number of hydrogen-bond acceptors (Lipinski definition) is 2. The number of fused-ring (bicyclic) bond motifs is 1. The quantitative estimate of drug-likeness (QED) is 0.553. The summed E-state index contributed by atoms with van der Waals surface area (Å²) in [5, 5.41) is 0. The van der Waals surface area contributed by atoms with Crippen LogP contribution in [0.1, 0.15) is 33.1 Å². The van der Waals surface area contributed by atoms with E-state index in [2.05, 4.69) is 6.92 Å². The summed E-state index contributed by atoms with van der Waals surface area (Å²) in [6.45, 7) is 4.99. The monoisotopic (exact) mass is 169 g/mol. The molecule has 0 radical (unpaired) electrons. The molecule has 0 saturated carbocycles. The Hall–Kier alpha value is -0.730. The SMILES string of the molecule is C[C@@H]1OC(=O)N2CCCC[C@@]12C. The molecule has 0 aromatic carbocycles. The van der Waals surface area contributed by atoms with Crippen LogP contribution in [0.5, 0.6) is 0 Å². The van der Waals surface area contributed by atoms with Crippen LogP contribution in [0, 0.1) is 0 Å². The fraction of sp³-hybridized carbons (Fsp3) is 0.889. The van der Waals surface area contributed by atoms with Crippen molar-refractivity contribution in [3.63, 3.8) is 0 Å². The summed E-state index contributed by atoms with van der Waals surface area (Å²) in [6.07, 6.45) is 3.36. The molecule has 2 heterocycles. The Balaban J connectivity index is 2.27. The predicted molar refractivity (Wildman–Crippen MR) is 44.9 cm³/mol. The summed E-state index contributed by atoms with van der Waals surface area (Å²) < 4.78 is 5.20. The zero-order valence-electron chi connectivity index (χ0n) is 7.67. The second-order valence-corrected chi connectivity index (χ2v) is 3.99. The fourth-order valence-corrected chi connectivity index (χ4v) is 2.21. The summed E-state index contributed by atoms with van der Waals surface area (Å²) in [7, 11) is 0. The van der Waals surface area contributed by atoms with Crippen LogP contribution in [0.4, 0.5) is 4.79 Å². The summed E-state index contributed by atoms with van der Waals surface area (Å²) in [5.41, 5.74) is -0.0185. The Morgan fingerprint density at radius 3 is 3.00 bits per heavy atom. The molecule has 0 bridgehead atoms. The summed E-state index contributed by atoms with van der Waals surface area (Å²) in [6, 6.07) is 0. The van der Waals surface area contributed by atoms with E-state index in [9.17, 15) is 4.79 Å². The standard InChI is InChI=1S/C9H15NO2/c1-7-9(2)5-3-4-6-10(9)8(11)12-7/h7H,3-6H2,1-2H3/t7-,9-/m0/s1. The Morgan fingerprint density at radius 1 is 1.58 bits per heavy atom. The fourth-order valence-electron chi connectivity index (χ4n) is 2.21. The average molecular weight is 169 g/mol. The molecule has 2 aliphatic rings. The van der Waals surface area contributed by atoms with Gasteiger partial charge in [0.05, 0.1) is 5.54 Å². The van der Waals surface area contributed by atoms with Crippen molar-refractivity contribution in [2.45, 2.75) is 44.8 Å². The third-order valence-electron chi connectivity index (χ3n) is 3.31. The van der Waals surface area contributed by atoms with Gasteiger partial charge in [-0.05, 0) is 33.1 Å². The van der Waals surface area contributed by atoms with Gasteiger partial charge in [-0.3, -0.25) is 4.90 Å². The Bertz CT molecular complexity index is 217. The van der Waals surface area contributed by atoms with Crippen molar-refractivity contribution in [1.29, 1.82) is 0 Å². The molecule has 68 valence electrons. The number of ether oxygens (including phenoxy) is 1. The maximum absolute atomic E-state index is 11.3. The molecular weight excluding hydrogens is 154 g/mol. The smallest absolute Gasteiger partial charge is 0.410 e. The van der Waals surface area contributed by atoms with Crippen molar-refractivity contribution in [3.05, 3.63) is 0 Å². The van der Waals surface area contributed by atoms with Gasteiger partial charge in [-0.15, -0.1) is 0 Å². The molecule has 1 amide bonds. The summed E-state index contributed by atoms with van der Waals surface area (Å²) in [4.78, 5) is 13.2. The van der Waals surface area contributed by atoms with Gasteiger partial charge in [0, 0.05) is 6.54 Å². The van der Waals surface area contributed by atoms with Crippen molar-refractivity contribution in [2.24, 2.45) is 0 Å². The van der Waals surface area contributed by atoms with Crippen LogP contribution >= 0.6 is 0 Å². The van der Waals surface area contributed by atoms with E-state index in [1.165, 1.54) is 6.42 Å². The maximum atomic E-state index is 11.3. The molecule has 12 heavy (non-hydrogen) atoms. The Kier molecular flexibility index (Phi) is 1.56. The number of cyclic esters (lactones) is 1. The number of hydrogen-bond donors (Lipinski definition) is 0. The predicted octanol–water partition coefficient (Wildman–Crippen LogP) is 1.77. The summed E-state index contributed by atoms with van der Waals surface area (Å²) >= 11 is 0. The van der Waals surface area contributed by atoms with E-state index >= 15 is 0 Å². The van der Waals surface area contributed by atoms with Gasteiger partial charge in [0.2, 0.25) is 0 Å². The van der Waals surface area contributed by atoms with E-state index in [0.717, 1.165) is 19.4 Å². The topological polar surface area (TPSA) is 29.5 Å². The van der Waals surface area contributed by atoms with E-state index < -0.39 is 0 Å². The van der Waals surface area contributed by atoms with Crippen LogP contribution in [0.25, 0.3) is 0 Å². The van der Waals surface area contributed by atoms with Gasteiger partial charge in [0.1, 0.15) is 6.10 Å². The minimum Gasteiger partial charge on any atom is -0.444 e. The zero-order valence-corrected chi connectivity index (χ0v) is 7.67. The Morgan fingerprint density at radius 2 is 2.33 bits per heavy atom. The molecule has 0 N–H and O–H groups in total. The number of carbonyl (C=O) groups excluding carboxylic acids is 1. The molecule has 0 aromatic rings. The van der Waals surface area contributed by atoms with Gasteiger partial charge in [0.25, 0.3) is 0 Å². The highest BCUT2D eigenvalue weighted by molar-refractivity contribution is 5.71.